The number of hydrogen-bond acceptors (Lipinski definition) is 2. The molecule has 10 aromatic rings. The van der Waals surface area contributed by atoms with Crippen molar-refractivity contribution in [3.05, 3.63) is 252 Å². The van der Waals surface area contributed by atoms with Gasteiger partial charge in [-0.05, 0) is 186 Å². The topological polar surface area (TPSA) is 6.48 Å². The molecular formula is C68H58N2. The highest BCUT2D eigenvalue weighted by molar-refractivity contribution is 6.04. The van der Waals surface area contributed by atoms with Gasteiger partial charge in [0.1, 0.15) is 0 Å². The Morgan fingerprint density at radius 1 is 0.300 bits per heavy atom. The highest BCUT2D eigenvalue weighted by atomic mass is 15.1. The van der Waals surface area contributed by atoms with Crippen molar-refractivity contribution < 1.29 is 0 Å². The van der Waals surface area contributed by atoms with Crippen molar-refractivity contribution in [3.63, 3.8) is 0 Å². The second kappa shape index (κ2) is 16.9. The Morgan fingerprint density at radius 2 is 0.600 bits per heavy atom. The SMILES string of the molecule is CCc1c2c(cc3c(CC)c4c(cc13)-c1ccc(N(c3ccccc3)c3ccc(-c5ccccc5)cc3)cc1C4(C)C)-c1ccc(N(c3ccccc3)c3ccc(-c4ccccc4)cc3)cc1C2(C)C. The summed E-state index contributed by atoms with van der Waals surface area (Å²) in [7, 11) is 0. The first-order valence-corrected chi connectivity index (χ1v) is 25.1. The average molecular weight is 903 g/mol. The number of aryl methyl sites for hydroxylation is 2. The van der Waals surface area contributed by atoms with Crippen molar-refractivity contribution in [2.24, 2.45) is 0 Å². The molecule has 2 aliphatic rings. The Kier molecular flexibility index (Phi) is 10.5. The molecule has 0 aromatic heterocycles. The molecule has 0 saturated carbocycles. The summed E-state index contributed by atoms with van der Waals surface area (Å²) in [5, 5.41) is 2.80. The fraction of sp³-hybridized carbons (Fsp3) is 0.147. The lowest BCUT2D eigenvalue weighted by molar-refractivity contribution is 0.651. The van der Waals surface area contributed by atoms with Gasteiger partial charge in [0.25, 0.3) is 0 Å². The van der Waals surface area contributed by atoms with E-state index >= 15 is 0 Å². The van der Waals surface area contributed by atoms with Gasteiger partial charge in [0.05, 0.1) is 0 Å². The van der Waals surface area contributed by atoms with E-state index in [0.29, 0.717) is 0 Å². The van der Waals surface area contributed by atoms with Crippen LogP contribution >= 0.6 is 0 Å². The average Bonchev–Trinajstić information content (AvgIpc) is 3.77. The van der Waals surface area contributed by atoms with E-state index in [1.165, 1.54) is 100 Å². The minimum Gasteiger partial charge on any atom is -0.310 e. The van der Waals surface area contributed by atoms with Crippen molar-refractivity contribution in [2.45, 2.75) is 65.2 Å². The molecule has 340 valence electrons. The third-order valence-corrected chi connectivity index (χ3v) is 15.6. The Bertz CT molecular complexity index is 3330. The second-order valence-corrected chi connectivity index (χ2v) is 20.2. The molecule has 0 atom stereocenters. The molecule has 0 spiro atoms. The van der Waals surface area contributed by atoms with Gasteiger partial charge in [-0.2, -0.15) is 0 Å². The zero-order chi connectivity index (χ0) is 47.7. The number of para-hydroxylation sites is 2. The van der Waals surface area contributed by atoms with Crippen molar-refractivity contribution in [3.8, 4) is 44.5 Å². The van der Waals surface area contributed by atoms with Crippen LogP contribution in [-0.4, -0.2) is 0 Å². The lowest BCUT2D eigenvalue weighted by Gasteiger charge is -2.30. The van der Waals surface area contributed by atoms with E-state index in [1.807, 2.05) is 0 Å². The van der Waals surface area contributed by atoms with Gasteiger partial charge in [-0.3, -0.25) is 0 Å². The van der Waals surface area contributed by atoms with Crippen molar-refractivity contribution in [1.82, 2.24) is 0 Å². The molecule has 0 amide bonds. The van der Waals surface area contributed by atoms with E-state index in [9.17, 15) is 0 Å². The van der Waals surface area contributed by atoms with E-state index in [1.54, 1.807) is 0 Å². The van der Waals surface area contributed by atoms with Gasteiger partial charge < -0.3 is 9.80 Å². The molecule has 10 aromatic carbocycles. The minimum absolute atomic E-state index is 0.211. The zero-order valence-corrected chi connectivity index (χ0v) is 41.1. The Balaban J connectivity index is 0.965. The number of hydrogen-bond donors (Lipinski definition) is 0. The monoisotopic (exact) mass is 902 g/mol. The molecule has 2 aliphatic carbocycles. The minimum atomic E-state index is -0.211. The first-order valence-electron chi connectivity index (χ1n) is 25.1. The van der Waals surface area contributed by atoms with E-state index in [2.05, 4.69) is 270 Å². The molecule has 0 saturated heterocycles. The van der Waals surface area contributed by atoms with Crippen LogP contribution in [0.2, 0.25) is 0 Å². The van der Waals surface area contributed by atoms with Crippen LogP contribution in [0.15, 0.2) is 218 Å². The molecule has 0 unspecified atom stereocenters. The summed E-state index contributed by atoms with van der Waals surface area (Å²) in [5.74, 6) is 0. The lowest BCUT2D eigenvalue weighted by Crippen LogP contribution is -2.19. The van der Waals surface area contributed by atoms with Crippen LogP contribution < -0.4 is 9.80 Å². The van der Waals surface area contributed by atoms with Gasteiger partial charge in [0.15, 0.2) is 0 Å². The molecule has 0 heterocycles. The number of benzene rings is 10. The second-order valence-electron chi connectivity index (χ2n) is 20.2. The maximum atomic E-state index is 2.58. The molecular weight excluding hydrogens is 845 g/mol. The fourth-order valence-corrected chi connectivity index (χ4v) is 12.3. The zero-order valence-electron chi connectivity index (χ0n) is 41.1. The molecule has 0 aliphatic heterocycles. The quantitative estimate of drug-likeness (QED) is 0.135. The van der Waals surface area contributed by atoms with Crippen LogP contribution in [-0.2, 0) is 23.7 Å². The smallest absolute Gasteiger partial charge is 0.0465 e. The summed E-state index contributed by atoms with van der Waals surface area (Å²) < 4.78 is 0. The number of nitrogens with zero attached hydrogens (tertiary/aromatic N) is 2. The first-order chi connectivity index (χ1) is 34.1. The summed E-state index contributed by atoms with van der Waals surface area (Å²) in [6.45, 7) is 14.5. The number of rotatable bonds is 10. The van der Waals surface area contributed by atoms with Crippen LogP contribution in [0, 0.1) is 0 Å². The maximum absolute atomic E-state index is 2.58. The van der Waals surface area contributed by atoms with Crippen LogP contribution in [0.5, 0.6) is 0 Å². The van der Waals surface area contributed by atoms with Gasteiger partial charge in [0.2, 0.25) is 0 Å². The summed E-state index contributed by atoms with van der Waals surface area (Å²) in [6.07, 6.45) is 1.92. The van der Waals surface area contributed by atoms with E-state index in [4.69, 9.17) is 0 Å². The molecule has 2 heteroatoms. The number of anilines is 6. The van der Waals surface area contributed by atoms with Gasteiger partial charge in [-0.15, -0.1) is 0 Å². The standard InChI is InChI=1S/C68H58N2/c1-7-55-59-43-62-58-40-38-54(70(50-27-19-12-20-28-50)52-35-31-48(32-36-52)46-23-15-10-16-24-46)42-64(58)68(5,6)66(62)56(8-2)60(59)44-61-57-39-37-53(41-63(57)67(3,4)65(55)61)69(49-25-17-11-18-26-49)51-33-29-47(30-34-51)45-21-13-9-14-22-45/h9-44H,7-8H2,1-6H3. The third-order valence-electron chi connectivity index (χ3n) is 15.6. The van der Waals surface area contributed by atoms with Crippen LogP contribution in [0.1, 0.15) is 74.9 Å². The van der Waals surface area contributed by atoms with Gasteiger partial charge in [-0.25, -0.2) is 0 Å². The molecule has 2 nitrogen and oxygen atoms in total. The van der Waals surface area contributed by atoms with Crippen LogP contribution in [0.25, 0.3) is 55.3 Å². The van der Waals surface area contributed by atoms with Gasteiger partial charge in [-0.1, -0.05) is 175 Å². The Morgan fingerprint density at radius 3 is 0.943 bits per heavy atom. The first kappa shape index (κ1) is 43.3. The predicted molar refractivity (Wildman–Crippen MR) is 298 cm³/mol. The van der Waals surface area contributed by atoms with Crippen molar-refractivity contribution in [1.29, 1.82) is 0 Å². The third kappa shape index (κ3) is 6.91. The molecule has 0 radical (unpaired) electrons. The lowest BCUT2D eigenvalue weighted by atomic mass is 9.75. The van der Waals surface area contributed by atoms with E-state index < -0.39 is 0 Å². The summed E-state index contributed by atoms with van der Waals surface area (Å²) in [5.41, 5.74) is 25.5. The Labute approximate surface area is 414 Å². The molecule has 12 rings (SSSR count). The summed E-state index contributed by atoms with van der Waals surface area (Å²) in [4.78, 5) is 4.83. The fourth-order valence-electron chi connectivity index (χ4n) is 12.3. The van der Waals surface area contributed by atoms with Crippen LogP contribution in [0.3, 0.4) is 0 Å². The van der Waals surface area contributed by atoms with Gasteiger partial charge in [0, 0.05) is 45.0 Å². The maximum Gasteiger partial charge on any atom is 0.0465 e. The van der Waals surface area contributed by atoms with Crippen molar-refractivity contribution >= 4 is 44.9 Å². The number of fused-ring (bicyclic) bond motifs is 7. The highest BCUT2D eigenvalue weighted by Crippen LogP contribution is 2.58. The largest absolute Gasteiger partial charge is 0.310 e. The van der Waals surface area contributed by atoms with E-state index in [-0.39, 0.29) is 10.8 Å². The van der Waals surface area contributed by atoms with E-state index in [0.717, 1.165) is 35.6 Å². The molecule has 70 heavy (non-hydrogen) atoms. The van der Waals surface area contributed by atoms with Crippen LogP contribution in [0.4, 0.5) is 34.1 Å². The summed E-state index contributed by atoms with van der Waals surface area (Å²) >= 11 is 0. The Hall–Kier alpha value is -7.94. The van der Waals surface area contributed by atoms with Gasteiger partial charge >= 0.3 is 0 Å². The molecule has 0 bridgehead atoms. The molecule has 0 fully saturated rings. The predicted octanol–water partition coefficient (Wildman–Crippen LogP) is 18.9. The normalized spacial score (nSPS) is 13.6. The highest BCUT2D eigenvalue weighted by Gasteiger charge is 2.42. The molecule has 0 N–H and O–H groups in total. The summed E-state index contributed by atoms with van der Waals surface area (Å²) in [6, 6.07) is 80.6. The van der Waals surface area contributed by atoms with Crippen molar-refractivity contribution in [2.75, 3.05) is 9.80 Å².